The molecule has 5 heteroatoms. The number of anilines is 1. The maximum atomic E-state index is 6.33. The fraction of sp³-hybridized carbons (Fsp3) is 0.615. The van der Waals surface area contributed by atoms with Crippen molar-refractivity contribution in [2.45, 2.75) is 26.4 Å². The van der Waals surface area contributed by atoms with Gasteiger partial charge in [0.25, 0.3) is 0 Å². The third kappa shape index (κ3) is 3.13. The smallest absolute Gasteiger partial charge is 0.147 e. The number of rotatable bonds is 4. The Kier molecular flexibility index (Phi) is 4.80. The molecule has 0 aliphatic carbocycles. The molecule has 1 aliphatic rings. The maximum Gasteiger partial charge on any atom is 0.147 e. The summed E-state index contributed by atoms with van der Waals surface area (Å²) in [5.41, 5.74) is 1.12. The van der Waals surface area contributed by atoms with Crippen molar-refractivity contribution < 1.29 is 4.74 Å². The third-order valence-corrected chi connectivity index (χ3v) is 3.38. The first-order chi connectivity index (χ1) is 8.72. The van der Waals surface area contributed by atoms with Crippen LogP contribution in [0.1, 0.15) is 19.4 Å². The van der Waals surface area contributed by atoms with Crippen LogP contribution in [0.5, 0.6) is 0 Å². The Labute approximate surface area is 113 Å². The van der Waals surface area contributed by atoms with Gasteiger partial charge in [-0.15, -0.1) is 0 Å². The fourth-order valence-electron chi connectivity index (χ4n) is 2.09. The van der Waals surface area contributed by atoms with Crippen LogP contribution in [-0.2, 0) is 11.3 Å². The number of ether oxygens (including phenoxy) is 1. The topological polar surface area (TPSA) is 37.4 Å². The summed E-state index contributed by atoms with van der Waals surface area (Å²) in [6.07, 6.45) is 1.89. The van der Waals surface area contributed by atoms with Crippen LogP contribution >= 0.6 is 11.6 Å². The Morgan fingerprint density at radius 3 is 3.11 bits per heavy atom. The van der Waals surface area contributed by atoms with Crippen molar-refractivity contribution in [3.05, 3.63) is 22.8 Å². The Bertz CT molecular complexity index is 400. The van der Waals surface area contributed by atoms with Crippen molar-refractivity contribution in [3.8, 4) is 0 Å². The molecule has 0 bridgehead atoms. The summed E-state index contributed by atoms with van der Waals surface area (Å²) in [5.74, 6) is 0.868. The number of hydrogen-bond acceptors (Lipinski definition) is 4. The molecular formula is C13H20ClN3O. The lowest BCUT2D eigenvalue weighted by atomic mass is 10.2. The lowest BCUT2D eigenvalue weighted by Gasteiger charge is -2.34. The molecule has 1 unspecified atom stereocenters. The SMILES string of the molecule is CCNCc1cnc(N2CCOCC2C)c(Cl)c1. The summed E-state index contributed by atoms with van der Waals surface area (Å²) < 4.78 is 5.43. The van der Waals surface area contributed by atoms with Crippen LogP contribution in [0.15, 0.2) is 12.3 Å². The Morgan fingerprint density at radius 2 is 2.44 bits per heavy atom. The van der Waals surface area contributed by atoms with E-state index < -0.39 is 0 Å². The van der Waals surface area contributed by atoms with Crippen LogP contribution in [0.25, 0.3) is 0 Å². The highest BCUT2D eigenvalue weighted by atomic mass is 35.5. The molecule has 1 N–H and O–H groups in total. The first kappa shape index (κ1) is 13.6. The molecule has 18 heavy (non-hydrogen) atoms. The van der Waals surface area contributed by atoms with E-state index in [2.05, 4.69) is 29.0 Å². The highest BCUT2D eigenvalue weighted by molar-refractivity contribution is 6.33. The van der Waals surface area contributed by atoms with Crippen LogP contribution in [0, 0.1) is 0 Å². The van der Waals surface area contributed by atoms with Gasteiger partial charge in [0.15, 0.2) is 0 Å². The molecule has 2 rings (SSSR count). The van der Waals surface area contributed by atoms with Crippen LogP contribution in [0.3, 0.4) is 0 Å². The lowest BCUT2D eigenvalue weighted by molar-refractivity contribution is 0.0985. The monoisotopic (exact) mass is 269 g/mol. The summed E-state index contributed by atoms with van der Waals surface area (Å²) in [5, 5.41) is 3.99. The second-order valence-electron chi connectivity index (χ2n) is 4.55. The van der Waals surface area contributed by atoms with Crippen molar-refractivity contribution >= 4 is 17.4 Å². The highest BCUT2D eigenvalue weighted by Gasteiger charge is 2.22. The van der Waals surface area contributed by atoms with Gasteiger partial charge in [-0.3, -0.25) is 0 Å². The van der Waals surface area contributed by atoms with Crippen LogP contribution < -0.4 is 10.2 Å². The van der Waals surface area contributed by atoms with Gasteiger partial charge in [-0.2, -0.15) is 0 Å². The van der Waals surface area contributed by atoms with Gasteiger partial charge in [0.2, 0.25) is 0 Å². The van der Waals surface area contributed by atoms with Crippen LogP contribution in [0.2, 0.25) is 5.02 Å². The predicted molar refractivity (Wildman–Crippen MR) is 74.3 cm³/mol. The second kappa shape index (κ2) is 6.36. The molecule has 0 spiro atoms. The maximum absolute atomic E-state index is 6.33. The standard InChI is InChI=1S/C13H20ClN3O/c1-3-15-7-11-6-12(14)13(16-8-11)17-4-5-18-9-10(17)2/h6,8,10,15H,3-5,7,9H2,1-2H3. The van der Waals surface area contributed by atoms with E-state index in [1.54, 1.807) is 0 Å². The molecule has 0 amide bonds. The number of aromatic nitrogens is 1. The van der Waals surface area contributed by atoms with Crippen LogP contribution in [-0.4, -0.2) is 37.3 Å². The average Bonchev–Trinajstić information content (AvgIpc) is 2.38. The first-order valence-corrected chi connectivity index (χ1v) is 6.79. The highest BCUT2D eigenvalue weighted by Crippen LogP contribution is 2.26. The fourth-order valence-corrected chi connectivity index (χ4v) is 2.39. The van der Waals surface area contributed by atoms with Gasteiger partial charge in [0, 0.05) is 19.3 Å². The zero-order valence-electron chi connectivity index (χ0n) is 10.9. The molecule has 0 aromatic carbocycles. The molecule has 1 aliphatic heterocycles. The molecular weight excluding hydrogens is 250 g/mol. The van der Waals surface area contributed by atoms with Gasteiger partial charge >= 0.3 is 0 Å². The Balaban J connectivity index is 2.13. The summed E-state index contributed by atoms with van der Waals surface area (Å²) in [7, 11) is 0. The average molecular weight is 270 g/mol. The summed E-state index contributed by atoms with van der Waals surface area (Å²) in [6.45, 7) is 8.28. The van der Waals surface area contributed by atoms with Crippen molar-refractivity contribution in [1.82, 2.24) is 10.3 Å². The molecule has 1 aromatic rings. The van der Waals surface area contributed by atoms with E-state index >= 15 is 0 Å². The lowest BCUT2D eigenvalue weighted by Crippen LogP contribution is -2.44. The zero-order valence-corrected chi connectivity index (χ0v) is 11.7. The minimum absolute atomic E-state index is 0.323. The van der Waals surface area contributed by atoms with E-state index in [9.17, 15) is 0 Å². The van der Waals surface area contributed by atoms with Crippen LogP contribution in [0.4, 0.5) is 5.82 Å². The quantitative estimate of drug-likeness (QED) is 0.908. The van der Waals surface area contributed by atoms with Gasteiger partial charge < -0.3 is 15.0 Å². The van der Waals surface area contributed by atoms with Crippen molar-refractivity contribution in [2.24, 2.45) is 0 Å². The minimum Gasteiger partial charge on any atom is -0.377 e. The van der Waals surface area contributed by atoms with E-state index in [4.69, 9.17) is 16.3 Å². The second-order valence-corrected chi connectivity index (χ2v) is 4.95. The van der Waals surface area contributed by atoms with E-state index in [1.807, 2.05) is 12.3 Å². The number of hydrogen-bond donors (Lipinski definition) is 1. The number of halogens is 1. The molecule has 2 heterocycles. The van der Waals surface area contributed by atoms with Gasteiger partial charge in [0.1, 0.15) is 5.82 Å². The predicted octanol–water partition coefficient (Wildman–Crippen LogP) is 2.07. The molecule has 0 saturated carbocycles. The number of morpholine rings is 1. The number of nitrogens with one attached hydrogen (secondary N) is 1. The molecule has 1 aromatic heterocycles. The van der Waals surface area contributed by atoms with Gasteiger partial charge in [0.05, 0.1) is 24.3 Å². The van der Waals surface area contributed by atoms with Gasteiger partial charge in [-0.1, -0.05) is 18.5 Å². The van der Waals surface area contributed by atoms with Crippen molar-refractivity contribution in [2.75, 3.05) is 31.2 Å². The zero-order chi connectivity index (χ0) is 13.0. The normalized spacial score (nSPS) is 20.2. The first-order valence-electron chi connectivity index (χ1n) is 6.42. The Morgan fingerprint density at radius 1 is 1.61 bits per heavy atom. The van der Waals surface area contributed by atoms with Gasteiger partial charge in [-0.25, -0.2) is 4.98 Å². The van der Waals surface area contributed by atoms with E-state index in [-0.39, 0.29) is 0 Å². The molecule has 0 radical (unpaired) electrons. The van der Waals surface area contributed by atoms with Gasteiger partial charge in [-0.05, 0) is 25.1 Å². The summed E-state index contributed by atoms with van der Waals surface area (Å²) in [4.78, 5) is 6.71. The van der Waals surface area contributed by atoms with E-state index in [1.165, 1.54) is 0 Å². The van der Waals surface area contributed by atoms with E-state index in [0.29, 0.717) is 6.04 Å². The molecule has 1 atom stereocenters. The number of pyridine rings is 1. The molecule has 4 nitrogen and oxygen atoms in total. The molecule has 100 valence electrons. The molecule has 1 saturated heterocycles. The van der Waals surface area contributed by atoms with Crippen molar-refractivity contribution in [1.29, 1.82) is 0 Å². The largest absolute Gasteiger partial charge is 0.377 e. The van der Waals surface area contributed by atoms with E-state index in [0.717, 1.165) is 49.3 Å². The molecule has 1 fully saturated rings. The van der Waals surface area contributed by atoms with Crippen molar-refractivity contribution in [3.63, 3.8) is 0 Å². The summed E-state index contributed by atoms with van der Waals surface area (Å²) >= 11 is 6.33. The number of nitrogens with zero attached hydrogens (tertiary/aromatic N) is 2. The summed E-state index contributed by atoms with van der Waals surface area (Å²) in [6, 6.07) is 2.32. The Hall–Kier alpha value is -0.840. The third-order valence-electron chi connectivity index (χ3n) is 3.10. The minimum atomic E-state index is 0.323.